The van der Waals surface area contributed by atoms with Gasteiger partial charge in [0, 0.05) is 11.6 Å². The first-order chi connectivity index (χ1) is 10.7. The van der Waals surface area contributed by atoms with Gasteiger partial charge in [-0.25, -0.2) is 19.4 Å². The van der Waals surface area contributed by atoms with Gasteiger partial charge in [-0.3, -0.25) is 0 Å². The summed E-state index contributed by atoms with van der Waals surface area (Å²) in [5.74, 6) is -0.363. The van der Waals surface area contributed by atoms with E-state index in [1.165, 1.54) is 17.7 Å². The van der Waals surface area contributed by atoms with Crippen molar-refractivity contribution < 1.29 is 9.53 Å². The van der Waals surface area contributed by atoms with Crippen LogP contribution in [0.1, 0.15) is 34.0 Å². The van der Waals surface area contributed by atoms with Crippen LogP contribution in [-0.2, 0) is 11.3 Å². The molecule has 6 nitrogen and oxygen atoms in total. The minimum atomic E-state index is -0.369. The van der Waals surface area contributed by atoms with E-state index >= 15 is 0 Å². The van der Waals surface area contributed by atoms with Gasteiger partial charge in [-0.2, -0.15) is 5.10 Å². The lowest BCUT2D eigenvalue weighted by atomic mass is 10.1. The molecule has 0 saturated heterocycles. The molecule has 1 aromatic carbocycles. The first-order valence-corrected chi connectivity index (χ1v) is 7.62. The highest BCUT2D eigenvalue weighted by Gasteiger charge is 2.18. The number of hydrogen-bond donors (Lipinski definition) is 0. The van der Waals surface area contributed by atoms with E-state index in [9.17, 15) is 4.79 Å². The fourth-order valence-corrected chi connectivity index (χ4v) is 2.68. The fraction of sp³-hybridized carbons (Fsp3) is 0.200. The topological polar surface area (TPSA) is 69.9 Å². The fourth-order valence-electron chi connectivity index (χ4n) is 2.06. The first-order valence-electron chi connectivity index (χ1n) is 6.74. The molecule has 1 atom stereocenters. The van der Waals surface area contributed by atoms with E-state index in [0.717, 1.165) is 10.6 Å². The molecule has 2 heterocycles. The molecule has 0 unspecified atom stereocenters. The van der Waals surface area contributed by atoms with Gasteiger partial charge >= 0.3 is 5.97 Å². The molecule has 0 spiro atoms. The average molecular weight is 314 g/mol. The third-order valence-electron chi connectivity index (χ3n) is 3.12. The van der Waals surface area contributed by atoms with Crippen LogP contribution in [0.5, 0.6) is 0 Å². The van der Waals surface area contributed by atoms with Crippen LogP contribution >= 0.6 is 11.3 Å². The maximum absolute atomic E-state index is 12.4. The van der Waals surface area contributed by atoms with Crippen molar-refractivity contribution in [2.45, 2.75) is 19.6 Å². The Kier molecular flexibility index (Phi) is 4.24. The van der Waals surface area contributed by atoms with Crippen LogP contribution in [0, 0.1) is 0 Å². The third-order valence-corrected chi connectivity index (χ3v) is 4.06. The Hall–Kier alpha value is -2.54. The highest BCUT2D eigenvalue weighted by atomic mass is 32.1. The number of ether oxygens (including phenoxy) is 1. The molecule has 3 rings (SSSR count). The summed E-state index contributed by atoms with van der Waals surface area (Å²) >= 11 is 1.47. The number of hydrogen-bond acceptors (Lipinski definition) is 6. The van der Waals surface area contributed by atoms with Crippen LogP contribution in [0.25, 0.3) is 0 Å². The summed E-state index contributed by atoms with van der Waals surface area (Å²) in [7, 11) is 0. The molecule has 3 aromatic rings. The van der Waals surface area contributed by atoms with Crippen molar-refractivity contribution in [1.29, 1.82) is 0 Å². The van der Waals surface area contributed by atoms with Crippen molar-refractivity contribution in [3.63, 3.8) is 0 Å². The summed E-state index contributed by atoms with van der Waals surface area (Å²) in [6.45, 7) is 2.29. The van der Waals surface area contributed by atoms with Crippen molar-refractivity contribution in [2.75, 3.05) is 0 Å². The Morgan fingerprint density at radius 2 is 2.27 bits per heavy atom. The van der Waals surface area contributed by atoms with Gasteiger partial charge < -0.3 is 4.74 Å². The Morgan fingerprint density at radius 3 is 3.00 bits per heavy atom. The molecule has 0 saturated carbocycles. The summed E-state index contributed by atoms with van der Waals surface area (Å²) in [6.07, 6.45) is 4.40. The molecule has 0 aliphatic carbocycles. The molecule has 0 fully saturated rings. The Labute approximate surface area is 131 Å². The summed E-state index contributed by atoms with van der Waals surface area (Å²) in [4.78, 5) is 20.5. The number of benzene rings is 1. The van der Waals surface area contributed by atoms with Gasteiger partial charge in [-0.1, -0.05) is 18.2 Å². The summed E-state index contributed by atoms with van der Waals surface area (Å²) in [6, 6.07) is 7.33. The second-order valence-electron chi connectivity index (χ2n) is 4.67. The van der Waals surface area contributed by atoms with Crippen molar-refractivity contribution in [3.8, 4) is 0 Å². The van der Waals surface area contributed by atoms with E-state index in [4.69, 9.17) is 4.74 Å². The standard InChI is InChI=1S/C15H14N4O2S/c1-11(14-17-6-7-22-14)21-15(20)13-5-3-2-4-12(13)8-19-10-16-9-18-19/h2-7,9-11H,8H2,1H3/t11-/m0/s1. The van der Waals surface area contributed by atoms with Gasteiger partial charge in [0.25, 0.3) is 0 Å². The van der Waals surface area contributed by atoms with Gasteiger partial charge in [0.1, 0.15) is 17.7 Å². The van der Waals surface area contributed by atoms with Gasteiger partial charge in [0.2, 0.25) is 0 Å². The minimum absolute atomic E-state index is 0.363. The van der Waals surface area contributed by atoms with Crippen molar-refractivity contribution in [2.24, 2.45) is 0 Å². The van der Waals surface area contributed by atoms with Crippen molar-refractivity contribution in [1.82, 2.24) is 19.7 Å². The molecular formula is C15H14N4O2S. The van der Waals surface area contributed by atoms with Crippen LogP contribution in [0.15, 0.2) is 48.5 Å². The first kappa shape index (κ1) is 14.4. The minimum Gasteiger partial charge on any atom is -0.452 e. The van der Waals surface area contributed by atoms with Crippen LogP contribution in [-0.4, -0.2) is 25.7 Å². The number of carbonyl (C=O) groups excluding carboxylic acids is 1. The molecule has 0 aliphatic rings. The van der Waals surface area contributed by atoms with Gasteiger partial charge in [0.15, 0.2) is 6.10 Å². The Balaban J connectivity index is 1.77. The second kappa shape index (κ2) is 6.48. The van der Waals surface area contributed by atoms with E-state index in [-0.39, 0.29) is 12.1 Å². The molecule has 0 bridgehead atoms. The summed E-state index contributed by atoms with van der Waals surface area (Å²) in [5, 5.41) is 6.70. The predicted molar refractivity (Wildman–Crippen MR) is 81.5 cm³/mol. The Morgan fingerprint density at radius 1 is 1.41 bits per heavy atom. The molecular weight excluding hydrogens is 300 g/mol. The van der Waals surface area contributed by atoms with E-state index in [0.29, 0.717) is 12.1 Å². The van der Waals surface area contributed by atoms with Gasteiger partial charge in [-0.15, -0.1) is 11.3 Å². The zero-order chi connectivity index (χ0) is 15.4. The van der Waals surface area contributed by atoms with Gasteiger partial charge in [-0.05, 0) is 18.6 Å². The zero-order valence-corrected chi connectivity index (χ0v) is 12.7. The largest absolute Gasteiger partial charge is 0.452 e. The number of esters is 1. The smallest absolute Gasteiger partial charge is 0.339 e. The van der Waals surface area contributed by atoms with E-state index in [1.54, 1.807) is 23.3 Å². The molecule has 7 heteroatoms. The van der Waals surface area contributed by atoms with Crippen LogP contribution in [0.2, 0.25) is 0 Å². The van der Waals surface area contributed by atoms with Gasteiger partial charge in [0.05, 0.1) is 12.1 Å². The zero-order valence-electron chi connectivity index (χ0n) is 11.9. The van der Waals surface area contributed by atoms with Crippen molar-refractivity contribution in [3.05, 3.63) is 64.6 Å². The molecule has 112 valence electrons. The normalized spacial score (nSPS) is 12.0. The van der Waals surface area contributed by atoms with Crippen LogP contribution in [0.4, 0.5) is 0 Å². The highest BCUT2D eigenvalue weighted by Crippen LogP contribution is 2.21. The summed E-state index contributed by atoms with van der Waals surface area (Å²) in [5.41, 5.74) is 1.37. The molecule has 0 radical (unpaired) electrons. The molecule has 0 N–H and O–H groups in total. The van der Waals surface area contributed by atoms with E-state index in [2.05, 4.69) is 15.1 Å². The van der Waals surface area contributed by atoms with Crippen LogP contribution < -0.4 is 0 Å². The summed E-state index contributed by atoms with van der Waals surface area (Å²) < 4.78 is 7.17. The maximum Gasteiger partial charge on any atom is 0.339 e. The number of nitrogens with zero attached hydrogens (tertiary/aromatic N) is 4. The molecule has 0 aliphatic heterocycles. The SMILES string of the molecule is C[C@H](OC(=O)c1ccccc1Cn1cncn1)c1nccs1. The monoisotopic (exact) mass is 314 g/mol. The number of aromatic nitrogens is 4. The lowest BCUT2D eigenvalue weighted by molar-refractivity contribution is 0.0336. The Bertz CT molecular complexity index is 741. The van der Waals surface area contributed by atoms with E-state index < -0.39 is 0 Å². The lowest BCUT2D eigenvalue weighted by Gasteiger charge is -2.13. The predicted octanol–water partition coefficient (Wildman–Crippen LogP) is 2.70. The maximum atomic E-state index is 12.4. The lowest BCUT2D eigenvalue weighted by Crippen LogP contribution is -2.13. The van der Waals surface area contributed by atoms with Crippen LogP contribution in [0.3, 0.4) is 0 Å². The second-order valence-corrected chi connectivity index (χ2v) is 5.59. The van der Waals surface area contributed by atoms with E-state index in [1.807, 2.05) is 30.5 Å². The highest BCUT2D eigenvalue weighted by molar-refractivity contribution is 7.09. The molecule has 2 aromatic heterocycles. The third kappa shape index (κ3) is 3.20. The quantitative estimate of drug-likeness (QED) is 0.677. The molecule has 22 heavy (non-hydrogen) atoms. The number of carbonyl (C=O) groups is 1. The van der Waals surface area contributed by atoms with Crippen molar-refractivity contribution >= 4 is 17.3 Å². The number of rotatable bonds is 5. The molecule has 0 amide bonds. The average Bonchev–Trinajstić information content (AvgIpc) is 3.21. The number of thiazole rings is 1.